The molecular weight excluding hydrogens is 483 g/mol. The smallest absolute Gasteiger partial charge is 0.0434 e. The third kappa shape index (κ3) is 3.33. The first-order valence-electron chi connectivity index (χ1n) is 9.88. The van der Waals surface area contributed by atoms with E-state index >= 15 is 0 Å². The van der Waals surface area contributed by atoms with E-state index in [0.29, 0.717) is 0 Å². The molecular formula is C27H19IS. The average molecular weight is 502 g/mol. The number of fused-ring (bicyclic) bond motifs is 5. The van der Waals surface area contributed by atoms with Crippen molar-refractivity contribution in [3.63, 3.8) is 0 Å². The third-order valence-corrected chi connectivity index (χ3v) is 7.37. The zero-order chi connectivity index (χ0) is 19.8. The zero-order valence-corrected chi connectivity index (χ0v) is 19.1. The van der Waals surface area contributed by atoms with Crippen molar-refractivity contribution in [2.75, 3.05) is 0 Å². The summed E-state index contributed by atoms with van der Waals surface area (Å²) in [6.07, 6.45) is 2.03. The third-order valence-electron chi connectivity index (χ3n) is 5.26. The molecule has 0 spiro atoms. The van der Waals surface area contributed by atoms with Crippen LogP contribution in [0.1, 0.15) is 25.3 Å². The van der Waals surface area contributed by atoms with Gasteiger partial charge >= 0.3 is 0 Å². The fourth-order valence-corrected chi connectivity index (χ4v) is 5.85. The lowest BCUT2D eigenvalue weighted by atomic mass is 9.96. The van der Waals surface area contributed by atoms with E-state index in [2.05, 4.69) is 114 Å². The normalized spacial score (nSPS) is 11.1. The summed E-state index contributed by atoms with van der Waals surface area (Å²) in [6, 6.07) is 26.4. The molecule has 4 aromatic carbocycles. The van der Waals surface area contributed by atoms with Crippen molar-refractivity contribution in [3.05, 3.63) is 81.9 Å². The second kappa shape index (κ2) is 7.82. The first-order valence-corrected chi connectivity index (χ1v) is 11.8. The van der Waals surface area contributed by atoms with E-state index in [1.807, 2.05) is 11.3 Å². The van der Waals surface area contributed by atoms with Gasteiger partial charge in [0, 0.05) is 41.1 Å². The number of rotatable bonds is 2. The standard InChI is InChI=1S/C27H19IS/c1-2-3-4-9-18-10-5-6-11-20(18)24-17-23-19(16-25(24)28)14-15-22-21-12-7-8-13-26(21)29-27(22)23/h5-8,10-17H,2-3H2,1H3. The molecule has 2 heteroatoms. The fraction of sp³-hybridized carbons (Fsp3) is 0.111. The van der Waals surface area contributed by atoms with Gasteiger partial charge in [0.1, 0.15) is 0 Å². The molecule has 0 radical (unpaired) electrons. The predicted molar refractivity (Wildman–Crippen MR) is 137 cm³/mol. The maximum Gasteiger partial charge on any atom is 0.0434 e. The van der Waals surface area contributed by atoms with E-state index in [9.17, 15) is 0 Å². The van der Waals surface area contributed by atoms with Gasteiger partial charge in [0.15, 0.2) is 0 Å². The largest absolute Gasteiger partial charge is 0.135 e. The summed E-state index contributed by atoms with van der Waals surface area (Å²) in [6.45, 7) is 2.17. The van der Waals surface area contributed by atoms with Crippen LogP contribution in [0.3, 0.4) is 0 Å². The molecule has 1 aromatic heterocycles. The molecule has 140 valence electrons. The van der Waals surface area contributed by atoms with E-state index in [-0.39, 0.29) is 0 Å². The number of benzene rings is 4. The molecule has 29 heavy (non-hydrogen) atoms. The molecule has 0 saturated heterocycles. The van der Waals surface area contributed by atoms with Gasteiger partial charge in [0.25, 0.3) is 0 Å². The van der Waals surface area contributed by atoms with Gasteiger partial charge < -0.3 is 0 Å². The SMILES string of the molecule is CCCC#Cc1ccccc1-c1cc2c(ccc3c4ccccc4sc23)cc1I. The minimum atomic E-state index is 0.936. The number of hydrogen-bond donors (Lipinski definition) is 0. The van der Waals surface area contributed by atoms with Crippen molar-refractivity contribution < 1.29 is 0 Å². The highest BCUT2D eigenvalue weighted by Crippen LogP contribution is 2.41. The summed E-state index contributed by atoms with van der Waals surface area (Å²) in [7, 11) is 0. The molecule has 0 amide bonds. The molecule has 0 bridgehead atoms. The highest BCUT2D eigenvalue weighted by atomic mass is 127. The summed E-state index contributed by atoms with van der Waals surface area (Å²) in [5.41, 5.74) is 3.60. The topological polar surface area (TPSA) is 0 Å². The maximum absolute atomic E-state index is 3.40. The average Bonchev–Trinajstić information content (AvgIpc) is 3.13. The van der Waals surface area contributed by atoms with Crippen LogP contribution in [0.25, 0.3) is 42.1 Å². The van der Waals surface area contributed by atoms with Crippen molar-refractivity contribution >= 4 is 64.9 Å². The zero-order valence-electron chi connectivity index (χ0n) is 16.1. The van der Waals surface area contributed by atoms with Crippen LogP contribution in [0.2, 0.25) is 0 Å². The molecule has 0 aliphatic rings. The van der Waals surface area contributed by atoms with E-state index in [0.717, 1.165) is 18.4 Å². The Kier molecular flexibility index (Phi) is 5.03. The Morgan fingerprint density at radius 2 is 1.66 bits per heavy atom. The van der Waals surface area contributed by atoms with Crippen molar-refractivity contribution in [2.24, 2.45) is 0 Å². The Morgan fingerprint density at radius 3 is 2.55 bits per heavy atom. The Labute approximate surface area is 188 Å². The second-order valence-corrected chi connectivity index (χ2v) is 9.41. The monoisotopic (exact) mass is 502 g/mol. The van der Waals surface area contributed by atoms with Gasteiger partial charge in [0.2, 0.25) is 0 Å². The first kappa shape index (κ1) is 18.7. The van der Waals surface area contributed by atoms with Crippen LogP contribution < -0.4 is 0 Å². The molecule has 0 fully saturated rings. The van der Waals surface area contributed by atoms with Crippen molar-refractivity contribution in [2.45, 2.75) is 19.8 Å². The van der Waals surface area contributed by atoms with Gasteiger partial charge in [-0.05, 0) is 69.8 Å². The van der Waals surface area contributed by atoms with Crippen LogP contribution in [-0.2, 0) is 0 Å². The Bertz CT molecular complexity index is 1430. The maximum atomic E-state index is 3.40. The Morgan fingerprint density at radius 1 is 0.828 bits per heavy atom. The summed E-state index contributed by atoms with van der Waals surface area (Å²) in [4.78, 5) is 0. The number of thiophene rings is 1. The first-order chi connectivity index (χ1) is 14.3. The Balaban J connectivity index is 1.79. The van der Waals surface area contributed by atoms with Crippen LogP contribution in [0.15, 0.2) is 72.8 Å². The van der Waals surface area contributed by atoms with Gasteiger partial charge in [-0.2, -0.15) is 0 Å². The quantitative estimate of drug-likeness (QED) is 0.167. The van der Waals surface area contributed by atoms with E-state index < -0.39 is 0 Å². The van der Waals surface area contributed by atoms with Crippen LogP contribution in [-0.4, -0.2) is 0 Å². The lowest BCUT2D eigenvalue weighted by Gasteiger charge is -2.10. The van der Waals surface area contributed by atoms with E-state index in [1.54, 1.807) is 0 Å². The summed E-state index contributed by atoms with van der Waals surface area (Å²) in [5, 5.41) is 5.32. The lowest BCUT2D eigenvalue weighted by molar-refractivity contribution is 0.983. The van der Waals surface area contributed by atoms with Crippen molar-refractivity contribution in [1.29, 1.82) is 0 Å². The highest BCUT2D eigenvalue weighted by Gasteiger charge is 2.13. The van der Waals surface area contributed by atoms with Gasteiger partial charge in [-0.15, -0.1) is 11.3 Å². The number of halogens is 1. The second-order valence-electron chi connectivity index (χ2n) is 7.19. The Hall–Kier alpha value is -2.35. The number of hydrogen-bond acceptors (Lipinski definition) is 1. The summed E-state index contributed by atoms with van der Waals surface area (Å²) in [5.74, 6) is 6.71. The van der Waals surface area contributed by atoms with Gasteiger partial charge in [-0.3, -0.25) is 0 Å². The summed E-state index contributed by atoms with van der Waals surface area (Å²) < 4.78 is 3.98. The van der Waals surface area contributed by atoms with Gasteiger partial charge in [-0.25, -0.2) is 0 Å². The summed E-state index contributed by atoms with van der Waals surface area (Å²) >= 11 is 4.36. The molecule has 0 aliphatic carbocycles. The molecule has 5 aromatic rings. The predicted octanol–water partition coefficient (Wildman–Crippen LogP) is 8.63. The molecule has 0 N–H and O–H groups in total. The fourth-order valence-electron chi connectivity index (χ4n) is 3.84. The molecule has 0 saturated carbocycles. The van der Waals surface area contributed by atoms with Crippen LogP contribution in [0.5, 0.6) is 0 Å². The van der Waals surface area contributed by atoms with Crippen LogP contribution >= 0.6 is 33.9 Å². The minimum absolute atomic E-state index is 0.936. The molecule has 1 heterocycles. The van der Waals surface area contributed by atoms with Crippen molar-refractivity contribution in [3.8, 4) is 23.0 Å². The van der Waals surface area contributed by atoms with E-state index in [1.165, 1.54) is 45.6 Å². The molecule has 0 aliphatic heterocycles. The van der Waals surface area contributed by atoms with Crippen LogP contribution in [0.4, 0.5) is 0 Å². The molecule has 0 nitrogen and oxygen atoms in total. The molecule has 5 rings (SSSR count). The van der Waals surface area contributed by atoms with Gasteiger partial charge in [0.05, 0.1) is 0 Å². The number of unbranched alkanes of at least 4 members (excludes halogenated alkanes) is 1. The van der Waals surface area contributed by atoms with Crippen molar-refractivity contribution in [1.82, 2.24) is 0 Å². The lowest BCUT2D eigenvalue weighted by Crippen LogP contribution is -1.89. The van der Waals surface area contributed by atoms with Gasteiger partial charge in [-0.1, -0.05) is 67.3 Å². The van der Waals surface area contributed by atoms with Crippen LogP contribution in [0, 0.1) is 15.4 Å². The molecule has 0 unspecified atom stereocenters. The highest BCUT2D eigenvalue weighted by molar-refractivity contribution is 14.1. The molecule has 0 atom stereocenters. The minimum Gasteiger partial charge on any atom is -0.135 e. The van der Waals surface area contributed by atoms with E-state index in [4.69, 9.17) is 0 Å².